The molecule has 0 heterocycles. The van der Waals surface area contributed by atoms with Gasteiger partial charge in [-0.3, -0.25) is 0 Å². The zero-order valence-corrected chi connectivity index (χ0v) is 10.6. The number of methoxy groups -OCH3 is 1. The van der Waals surface area contributed by atoms with Gasteiger partial charge in [-0.2, -0.15) is 0 Å². The second-order valence-corrected chi connectivity index (χ2v) is 5.44. The van der Waals surface area contributed by atoms with Crippen LogP contribution in [0.2, 0.25) is 0 Å². The standard InChI is InChI=1S/C15H20O/c1-15(2,3)14-7-5-6-11-10-12(16-4)8-9-13(11)14/h5-7,10H,8-9H2,1-4H3. The van der Waals surface area contributed by atoms with Crippen molar-refractivity contribution in [1.82, 2.24) is 0 Å². The second kappa shape index (κ2) is 3.97. The summed E-state index contributed by atoms with van der Waals surface area (Å²) in [6.07, 6.45) is 4.30. The van der Waals surface area contributed by atoms with E-state index in [1.54, 1.807) is 7.11 Å². The molecule has 0 aliphatic heterocycles. The first-order valence-electron chi connectivity index (χ1n) is 5.89. The number of ether oxygens (including phenoxy) is 1. The molecule has 0 radical (unpaired) electrons. The van der Waals surface area contributed by atoms with E-state index in [0.717, 1.165) is 18.6 Å². The summed E-state index contributed by atoms with van der Waals surface area (Å²) in [5, 5.41) is 0. The summed E-state index contributed by atoms with van der Waals surface area (Å²) in [6.45, 7) is 6.83. The fourth-order valence-electron chi connectivity index (χ4n) is 2.38. The lowest BCUT2D eigenvalue weighted by atomic mass is 9.79. The van der Waals surface area contributed by atoms with Crippen LogP contribution in [0.4, 0.5) is 0 Å². The predicted molar refractivity (Wildman–Crippen MR) is 68.4 cm³/mol. The van der Waals surface area contributed by atoms with Gasteiger partial charge in [-0.25, -0.2) is 0 Å². The maximum atomic E-state index is 5.33. The van der Waals surface area contributed by atoms with Gasteiger partial charge in [0, 0.05) is 6.42 Å². The van der Waals surface area contributed by atoms with Gasteiger partial charge in [0.1, 0.15) is 0 Å². The van der Waals surface area contributed by atoms with Crippen LogP contribution in [0.1, 0.15) is 43.9 Å². The highest BCUT2D eigenvalue weighted by molar-refractivity contribution is 5.61. The number of fused-ring (bicyclic) bond motifs is 1. The molecule has 0 saturated carbocycles. The lowest BCUT2D eigenvalue weighted by molar-refractivity contribution is 0.279. The molecular weight excluding hydrogens is 196 g/mol. The quantitative estimate of drug-likeness (QED) is 0.691. The van der Waals surface area contributed by atoms with Gasteiger partial charge in [-0.1, -0.05) is 39.0 Å². The Kier molecular flexibility index (Phi) is 2.79. The minimum absolute atomic E-state index is 0.226. The molecule has 86 valence electrons. The van der Waals surface area contributed by atoms with Crippen molar-refractivity contribution in [3.8, 4) is 0 Å². The Morgan fingerprint density at radius 1 is 1.12 bits per heavy atom. The topological polar surface area (TPSA) is 9.23 Å². The van der Waals surface area contributed by atoms with Gasteiger partial charge < -0.3 is 4.74 Å². The fourth-order valence-corrected chi connectivity index (χ4v) is 2.38. The van der Waals surface area contributed by atoms with Gasteiger partial charge in [0.15, 0.2) is 0 Å². The molecule has 1 aliphatic rings. The van der Waals surface area contributed by atoms with Crippen molar-refractivity contribution < 1.29 is 4.74 Å². The van der Waals surface area contributed by atoms with Crippen LogP contribution >= 0.6 is 0 Å². The average molecular weight is 216 g/mol. The van der Waals surface area contributed by atoms with E-state index in [2.05, 4.69) is 45.0 Å². The lowest BCUT2D eigenvalue weighted by Gasteiger charge is -2.26. The summed E-state index contributed by atoms with van der Waals surface area (Å²) in [5.41, 5.74) is 4.52. The molecule has 1 aromatic rings. The van der Waals surface area contributed by atoms with E-state index in [9.17, 15) is 0 Å². The van der Waals surface area contributed by atoms with Gasteiger partial charge in [-0.05, 0) is 34.6 Å². The number of rotatable bonds is 1. The Labute approximate surface area is 98.1 Å². The van der Waals surface area contributed by atoms with Crippen molar-refractivity contribution in [3.05, 3.63) is 40.6 Å². The normalized spacial score (nSPS) is 15.4. The third kappa shape index (κ3) is 1.99. The number of benzene rings is 1. The van der Waals surface area contributed by atoms with Crippen LogP contribution in [0, 0.1) is 0 Å². The maximum Gasteiger partial charge on any atom is 0.0964 e. The minimum atomic E-state index is 0.226. The highest BCUT2D eigenvalue weighted by Gasteiger charge is 2.21. The highest BCUT2D eigenvalue weighted by atomic mass is 16.5. The first-order valence-corrected chi connectivity index (χ1v) is 5.89. The van der Waals surface area contributed by atoms with E-state index < -0.39 is 0 Å². The van der Waals surface area contributed by atoms with E-state index in [4.69, 9.17) is 4.74 Å². The Morgan fingerprint density at radius 2 is 1.88 bits per heavy atom. The maximum absolute atomic E-state index is 5.33. The molecule has 1 nitrogen and oxygen atoms in total. The molecule has 16 heavy (non-hydrogen) atoms. The largest absolute Gasteiger partial charge is 0.501 e. The Balaban J connectivity index is 2.51. The van der Waals surface area contributed by atoms with Crippen molar-refractivity contribution >= 4 is 6.08 Å². The lowest BCUT2D eigenvalue weighted by Crippen LogP contribution is -2.16. The predicted octanol–water partition coefficient (Wildman–Crippen LogP) is 3.92. The molecule has 0 unspecified atom stereocenters. The SMILES string of the molecule is COC1=Cc2cccc(C(C)(C)C)c2CC1. The van der Waals surface area contributed by atoms with Crippen molar-refractivity contribution in [2.24, 2.45) is 0 Å². The molecule has 0 N–H and O–H groups in total. The van der Waals surface area contributed by atoms with Crippen LogP contribution in [0.3, 0.4) is 0 Å². The Hall–Kier alpha value is -1.24. The smallest absolute Gasteiger partial charge is 0.0964 e. The van der Waals surface area contributed by atoms with Crippen LogP contribution in [-0.4, -0.2) is 7.11 Å². The third-order valence-electron chi connectivity index (χ3n) is 3.22. The van der Waals surface area contributed by atoms with Crippen LogP contribution in [-0.2, 0) is 16.6 Å². The van der Waals surface area contributed by atoms with Gasteiger partial charge in [0.25, 0.3) is 0 Å². The number of hydrogen-bond acceptors (Lipinski definition) is 1. The van der Waals surface area contributed by atoms with E-state index in [1.807, 2.05) is 0 Å². The Bertz CT molecular complexity index is 422. The van der Waals surface area contributed by atoms with Gasteiger partial charge in [-0.15, -0.1) is 0 Å². The number of allylic oxidation sites excluding steroid dienone is 1. The molecule has 1 aromatic carbocycles. The van der Waals surface area contributed by atoms with Crippen molar-refractivity contribution in [3.63, 3.8) is 0 Å². The van der Waals surface area contributed by atoms with E-state index in [0.29, 0.717) is 0 Å². The van der Waals surface area contributed by atoms with Crippen LogP contribution in [0.25, 0.3) is 6.08 Å². The van der Waals surface area contributed by atoms with Gasteiger partial charge in [0.2, 0.25) is 0 Å². The summed E-state index contributed by atoms with van der Waals surface area (Å²) >= 11 is 0. The molecule has 0 saturated heterocycles. The molecular formula is C15H20O. The van der Waals surface area contributed by atoms with Gasteiger partial charge in [0.05, 0.1) is 12.9 Å². The van der Waals surface area contributed by atoms with Crippen molar-refractivity contribution in [2.45, 2.75) is 39.0 Å². The van der Waals surface area contributed by atoms with Crippen molar-refractivity contribution in [1.29, 1.82) is 0 Å². The van der Waals surface area contributed by atoms with Crippen LogP contribution in [0.15, 0.2) is 24.0 Å². The molecule has 0 bridgehead atoms. The van der Waals surface area contributed by atoms with E-state index in [1.165, 1.54) is 16.7 Å². The Morgan fingerprint density at radius 3 is 2.50 bits per heavy atom. The van der Waals surface area contributed by atoms with Gasteiger partial charge >= 0.3 is 0 Å². The molecule has 2 rings (SSSR count). The average Bonchev–Trinajstić information content (AvgIpc) is 2.26. The molecule has 0 aromatic heterocycles. The van der Waals surface area contributed by atoms with E-state index >= 15 is 0 Å². The zero-order valence-electron chi connectivity index (χ0n) is 10.6. The zero-order chi connectivity index (χ0) is 11.8. The summed E-state index contributed by atoms with van der Waals surface area (Å²) in [6, 6.07) is 6.59. The highest BCUT2D eigenvalue weighted by Crippen LogP contribution is 2.33. The minimum Gasteiger partial charge on any atom is -0.501 e. The van der Waals surface area contributed by atoms with Crippen LogP contribution < -0.4 is 0 Å². The summed E-state index contributed by atoms with van der Waals surface area (Å²) in [7, 11) is 1.75. The first kappa shape index (κ1) is 11.3. The first-order chi connectivity index (χ1) is 7.52. The van der Waals surface area contributed by atoms with Crippen LogP contribution in [0.5, 0.6) is 0 Å². The van der Waals surface area contributed by atoms with Crippen molar-refractivity contribution in [2.75, 3.05) is 7.11 Å². The summed E-state index contributed by atoms with van der Waals surface area (Å²) in [4.78, 5) is 0. The fraction of sp³-hybridized carbons (Fsp3) is 0.467. The monoisotopic (exact) mass is 216 g/mol. The summed E-state index contributed by atoms with van der Waals surface area (Å²) in [5.74, 6) is 1.10. The third-order valence-corrected chi connectivity index (χ3v) is 3.22. The second-order valence-electron chi connectivity index (χ2n) is 5.44. The molecule has 0 fully saturated rings. The molecule has 0 atom stereocenters. The number of hydrogen-bond donors (Lipinski definition) is 0. The molecule has 0 spiro atoms. The molecule has 1 aliphatic carbocycles. The summed E-state index contributed by atoms with van der Waals surface area (Å²) < 4.78 is 5.33. The molecule has 0 amide bonds. The molecule has 1 heteroatoms. The van der Waals surface area contributed by atoms with E-state index in [-0.39, 0.29) is 5.41 Å².